The molecule has 1 unspecified atom stereocenters. The van der Waals surface area contributed by atoms with Gasteiger partial charge in [0.15, 0.2) is 0 Å². The van der Waals surface area contributed by atoms with Gasteiger partial charge in [-0.1, -0.05) is 44.0 Å². The Morgan fingerprint density at radius 1 is 1.00 bits per heavy atom. The number of rotatable bonds is 7. The Labute approximate surface area is 149 Å². The summed E-state index contributed by atoms with van der Waals surface area (Å²) in [5, 5.41) is 0. The summed E-state index contributed by atoms with van der Waals surface area (Å²) in [6, 6.07) is 9.75. The second kappa shape index (κ2) is 9.27. The summed E-state index contributed by atoms with van der Waals surface area (Å²) >= 11 is 0. The third-order valence-electron chi connectivity index (χ3n) is 5.42. The Balaban J connectivity index is 2.01. The first-order valence-corrected chi connectivity index (χ1v) is 9.62. The Hall–Kier alpha value is -1.28. The van der Waals surface area contributed by atoms with Gasteiger partial charge in [-0.25, -0.2) is 0 Å². The van der Waals surface area contributed by atoms with Crippen LogP contribution in [0.2, 0.25) is 0 Å². The molecule has 1 aliphatic rings. The van der Waals surface area contributed by atoms with Crippen molar-refractivity contribution in [2.75, 3.05) is 28.2 Å². The average molecular weight is 329 g/mol. The third kappa shape index (κ3) is 5.37. The molecule has 2 rings (SSSR count). The summed E-state index contributed by atoms with van der Waals surface area (Å²) in [6.07, 6.45) is 12.8. The quantitative estimate of drug-likeness (QED) is 0.657. The van der Waals surface area contributed by atoms with Gasteiger partial charge in [0.25, 0.3) is 0 Å². The van der Waals surface area contributed by atoms with Crippen molar-refractivity contribution in [1.29, 1.82) is 0 Å². The first kappa shape index (κ1) is 19.1. The van der Waals surface area contributed by atoms with Crippen molar-refractivity contribution >= 4 is 0 Å². The van der Waals surface area contributed by atoms with E-state index in [1.54, 1.807) is 5.56 Å². The van der Waals surface area contributed by atoms with Gasteiger partial charge in [0.05, 0.1) is 6.04 Å². The molecule has 0 radical (unpaired) electrons. The van der Waals surface area contributed by atoms with Crippen LogP contribution in [0.5, 0.6) is 0 Å². The van der Waals surface area contributed by atoms with Crippen molar-refractivity contribution < 1.29 is 0 Å². The highest BCUT2D eigenvalue weighted by atomic mass is 15.1. The van der Waals surface area contributed by atoms with Gasteiger partial charge in [-0.3, -0.25) is 4.90 Å². The third-order valence-corrected chi connectivity index (χ3v) is 5.42. The van der Waals surface area contributed by atoms with E-state index in [4.69, 9.17) is 0 Å². The minimum absolute atomic E-state index is 0.335. The summed E-state index contributed by atoms with van der Waals surface area (Å²) in [4.78, 5) is 4.37. The van der Waals surface area contributed by atoms with E-state index in [1.807, 2.05) is 0 Å². The maximum Gasteiger partial charge on any atom is 0.0543 e. The van der Waals surface area contributed by atoms with Crippen LogP contribution in [0.3, 0.4) is 0 Å². The number of nitrogens with zero attached hydrogens (tertiary/aromatic N) is 2. The number of likely N-dealkylation sites (N-methyl/N-ethyl adjacent to an activating group) is 1. The number of hydrogen-bond acceptors (Lipinski definition) is 2. The topological polar surface area (TPSA) is 6.48 Å². The van der Waals surface area contributed by atoms with Crippen LogP contribution in [-0.2, 0) is 0 Å². The maximum atomic E-state index is 2.38. The highest BCUT2D eigenvalue weighted by molar-refractivity contribution is 5.29. The van der Waals surface area contributed by atoms with Crippen LogP contribution >= 0.6 is 0 Å². The molecule has 1 aliphatic carbocycles. The van der Waals surface area contributed by atoms with Crippen molar-refractivity contribution in [3.8, 4) is 0 Å². The molecule has 1 aromatic carbocycles. The van der Waals surface area contributed by atoms with E-state index in [9.17, 15) is 0 Å². The van der Waals surface area contributed by atoms with Gasteiger partial charge in [0.2, 0.25) is 0 Å². The van der Waals surface area contributed by atoms with Gasteiger partial charge in [0.1, 0.15) is 0 Å². The summed E-state index contributed by atoms with van der Waals surface area (Å²) < 4.78 is 0. The lowest BCUT2D eigenvalue weighted by molar-refractivity contribution is 0.308. The molecule has 0 bridgehead atoms. The highest BCUT2D eigenvalue weighted by Gasteiger charge is 2.22. The van der Waals surface area contributed by atoms with Crippen LogP contribution in [0.4, 0.5) is 0 Å². The van der Waals surface area contributed by atoms with E-state index in [-0.39, 0.29) is 0 Å². The van der Waals surface area contributed by atoms with Crippen molar-refractivity contribution in [2.45, 2.75) is 57.4 Å². The fraction of sp³-hybridized carbons (Fsp3) is 0.636. The first-order chi connectivity index (χ1) is 11.5. The summed E-state index contributed by atoms with van der Waals surface area (Å²) in [7, 11) is 8.43. The van der Waals surface area contributed by atoms with Crippen LogP contribution in [0.25, 0.3) is 0 Å². The van der Waals surface area contributed by atoms with Gasteiger partial charge >= 0.3 is 0 Å². The molecule has 134 valence electrons. The molecule has 0 amide bonds. The molecule has 0 N–H and O–H groups in total. The Morgan fingerprint density at radius 2 is 1.62 bits per heavy atom. The van der Waals surface area contributed by atoms with Gasteiger partial charge < -0.3 is 4.90 Å². The monoisotopic (exact) mass is 328 g/mol. The molecule has 1 fully saturated rings. The molecule has 2 heteroatoms. The van der Waals surface area contributed by atoms with Gasteiger partial charge in [-0.15, -0.1) is 0 Å². The van der Waals surface area contributed by atoms with Gasteiger partial charge in [-0.2, -0.15) is 0 Å². The van der Waals surface area contributed by atoms with Gasteiger partial charge in [-0.05, 0) is 75.0 Å². The van der Waals surface area contributed by atoms with E-state index < -0.39 is 0 Å². The minimum Gasteiger partial charge on any atom is -0.384 e. The molecule has 0 spiro atoms. The zero-order valence-corrected chi connectivity index (χ0v) is 16.3. The van der Waals surface area contributed by atoms with Crippen LogP contribution in [0.1, 0.15) is 68.5 Å². The lowest BCUT2D eigenvalue weighted by atomic mass is 9.77. The van der Waals surface area contributed by atoms with E-state index >= 15 is 0 Å². The molecule has 2 nitrogen and oxygen atoms in total. The maximum absolute atomic E-state index is 2.38. The molecule has 1 atom stereocenters. The fourth-order valence-electron chi connectivity index (χ4n) is 3.99. The smallest absolute Gasteiger partial charge is 0.0543 e. The van der Waals surface area contributed by atoms with Gasteiger partial charge in [0, 0.05) is 14.1 Å². The van der Waals surface area contributed by atoms with Crippen molar-refractivity contribution in [3.05, 3.63) is 47.7 Å². The van der Waals surface area contributed by atoms with Crippen LogP contribution in [-0.4, -0.2) is 38.0 Å². The first-order valence-electron chi connectivity index (χ1n) is 9.62. The van der Waals surface area contributed by atoms with E-state index in [2.05, 4.69) is 81.5 Å². The number of benzene rings is 1. The largest absolute Gasteiger partial charge is 0.384 e. The van der Waals surface area contributed by atoms with Crippen molar-refractivity contribution in [3.63, 3.8) is 0 Å². The molecule has 0 heterocycles. The zero-order chi connectivity index (χ0) is 17.5. The summed E-state index contributed by atoms with van der Waals surface area (Å²) in [6.45, 7) is 2.32. The molecular formula is C22H36N2. The predicted octanol–water partition coefficient (Wildman–Crippen LogP) is 5.44. The highest BCUT2D eigenvalue weighted by Crippen LogP contribution is 2.37. The second-order valence-electron chi connectivity index (χ2n) is 7.89. The van der Waals surface area contributed by atoms with Crippen LogP contribution < -0.4 is 0 Å². The van der Waals surface area contributed by atoms with E-state index in [1.165, 1.54) is 44.1 Å². The molecule has 0 saturated heterocycles. The van der Waals surface area contributed by atoms with Crippen molar-refractivity contribution in [1.82, 2.24) is 9.80 Å². The molecule has 0 aromatic heterocycles. The molecular weight excluding hydrogens is 292 g/mol. The normalized spacial score (nSPS) is 22.9. The van der Waals surface area contributed by atoms with Crippen LogP contribution in [0.15, 0.2) is 36.5 Å². The average Bonchev–Trinajstić information content (AvgIpc) is 2.56. The van der Waals surface area contributed by atoms with Crippen molar-refractivity contribution in [2.24, 2.45) is 5.92 Å². The van der Waals surface area contributed by atoms with E-state index in [0.717, 1.165) is 11.8 Å². The Bertz CT molecular complexity index is 493. The second-order valence-corrected chi connectivity index (χ2v) is 7.89. The molecule has 1 saturated carbocycles. The standard InChI is InChI=1S/C22H36N2/c1-6-7-18-8-10-19(11-9-18)20-12-14-21(15-13-20)22(24(4)5)16-17-23(2)3/h12-19,22H,6-11H2,1-5H3. The SMILES string of the molecule is CCCC1CCC(c2ccc(C(C=CN(C)C)N(C)C)cc2)CC1. The lowest BCUT2D eigenvalue weighted by Crippen LogP contribution is -2.19. The zero-order valence-electron chi connectivity index (χ0n) is 16.3. The van der Waals surface area contributed by atoms with Crippen LogP contribution in [0, 0.1) is 5.92 Å². The Morgan fingerprint density at radius 3 is 2.12 bits per heavy atom. The molecule has 0 aliphatic heterocycles. The van der Waals surface area contributed by atoms with E-state index in [0.29, 0.717) is 6.04 Å². The molecule has 24 heavy (non-hydrogen) atoms. The molecule has 1 aromatic rings. The summed E-state index contributed by atoms with van der Waals surface area (Å²) in [5.74, 6) is 1.77. The summed E-state index contributed by atoms with van der Waals surface area (Å²) in [5.41, 5.74) is 2.92. The minimum atomic E-state index is 0.335. The number of hydrogen-bond donors (Lipinski definition) is 0. The predicted molar refractivity (Wildman–Crippen MR) is 105 cm³/mol. The Kier molecular flexibility index (Phi) is 7.36. The fourth-order valence-corrected chi connectivity index (χ4v) is 3.99. The lowest BCUT2D eigenvalue weighted by Gasteiger charge is -2.29.